The Kier molecular flexibility index (Phi) is 2.59. The minimum atomic E-state index is -1.07. The maximum absolute atomic E-state index is 11.8. The third-order valence-electron chi connectivity index (χ3n) is 2.63. The average molecular weight is 251 g/mol. The number of amides is 2. The van der Waals surface area contributed by atoms with E-state index in [1.807, 2.05) is 0 Å². The van der Waals surface area contributed by atoms with Crippen molar-refractivity contribution in [2.75, 3.05) is 4.90 Å². The van der Waals surface area contributed by atoms with Gasteiger partial charge in [0, 0.05) is 11.1 Å². The Bertz CT molecular complexity index is 546. The van der Waals surface area contributed by atoms with E-state index < -0.39 is 5.97 Å². The van der Waals surface area contributed by atoms with Gasteiger partial charge in [-0.1, -0.05) is 0 Å². The number of carbonyl (C=O) groups excluding carboxylic acids is 2. The molecule has 0 unspecified atom stereocenters. The first-order valence-electron chi connectivity index (χ1n) is 4.83. The molecule has 2 amide bonds. The number of aromatic carboxylic acids is 1. The summed E-state index contributed by atoms with van der Waals surface area (Å²) in [5.41, 5.74) is 0.806. The fourth-order valence-electron chi connectivity index (χ4n) is 1.51. The molecule has 2 heterocycles. The first-order valence-corrected chi connectivity index (χ1v) is 5.64. The Hall–Kier alpha value is -1.95. The molecule has 0 bridgehead atoms. The van der Waals surface area contributed by atoms with Crippen LogP contribution in [0.15, 0.2) is 23.3 Å². The summed E-state index contributed by atoms with van der Waals surface area (Å²) in [5, 5.41) is 9.13. The van der Waals surface area contributed by atoms with Crippen molar-refractivity contribution in [3.05, 3.63) is 28.2 Å². The Morgan fingerprint density at radius 2 is 1.71 bits per heavy atom. The van der Waals surface area contributed by atoms with E-state index >= 15 is 0 Å². The number of carbonyl (C=O) groups is 3. The van der Waals surface area contributed by atoms with Crippen molar-refractivity contribution in [3.63, 3.8) is 0 Å². The maximum atomic E-state index is 11.8. The Morgan fingerprint density at radius 3 is 2.12 bits per heavy atom. The zero-order valence-electron chi connectivity index (χ0n) is 9.18. The summed E-state index contributed by atoms with van der Waals surface area (Å²) in [6, 6.07) is 2.85. The fourth-order valence-corrected chi connectivity index (χ4v) is 2.35. The number of anilines is 1. The van der Waals surface area contributed by atoms with Crippen molar-refractivity contribution in [2.24, 2.45) is 0 Å². The molecule has 0 fully saturated rings. The molecule has 0 atom stereocenters. The molecule has 1 aromatic rings. The lowest BCUT2D eigenvalue weighted by Gasteiger charge is -2.11. The van der Waals surface area contributed by atoms with Crippen molar-refractivity contribution in [2.45, 2.75) is 13.8 Å². The first-order chi connectivity index (χ1) is 7.93. The van der Waals surface area contributed by atoms with Crippen molar-refractivity contribution in [1.82, 2.24) is 0 Å². The van der Waals surface area contributed by atoms with Gasteiger partial charge in [-0.3, -0.25) is 9.59 Å². The number of hydrogen-bond donors (Lipinski definition) is 1. The number of thiophene rings is 1. The highest BCUT2D eigenvalue weighted by atomic mass is 32.1. The van der Waals surface area contributed by atoms with Gasteiger partial charge < -0.3 is 5.11 Å². The summed E-state index contributed by atoms with van der Waals surface area (Å²) in [4.78, 5) is 35.5. The zero-order valence-corrected chi connectivity index (χ0v) is 10.00. The highest BCUT2D eigenvalue weighted by Gasteiger charge is 2.35. The molecule has 1 aliphatic heterocycles. The van der Waals surface area contributed by atoms with E-state index in [1.54, 1.807) is 13.8 Å². The van der Waals surface area contributed by atoms with E-state index in [1.165, 1.54) is 12.1 Å². The third kappa shape index (κ3) is 1.66. The number of hydrogen-bond acceptors (Lipinski definition) is 4. The van der Waals surface area contributed by atoms with Gasteiger partial charge in [-0.25, -0.2) is 9.69 Å². The van der Waals surface area contributed by atoms with Crippen LogP contribution in [-0.4, -0.2) is 22.9 Å². The van der Waals surface area contributed by atoms with Crippen molar-refractivity contribution < 1.29 is 19.5 Å². The summed E-state index contributed by atoms with van der Waals surface area (Å²) < 4.78 is 0. The molecule has 0 radical (unpaired) electrons. The molecule has 6 heteroatoms. The third-order valence-corrected chi connectivity index (χ3v) is 3.69. The van der Waals surface area contributed by atoms with Crippen LogP contribution in [0.2, 0.25) is 0 Å². The predicted molar refractivity (Wildman–Crippen MR) is 62.1 cm³/mol. The van der Waals surface area contributed by atoms with Crippen LogP contribution in [0.1, 0.15) is 23.5 Å². The van der Waals surface area contributed by atoms with Crippen LogP contribution in [0.25, 0.3) is 0 Å². The lowest BCUT2D eigenvalue weighted by atomic mass is 10.2. The van der Waals surface area contributed by atoms with Crippen LogP contribution in [0.3, 0.4) is 0 Å². The highest BCUT2D eigenvalue weighted by Crippen LogP contribution is 2.32. The standard InChI is InChI=1S/C11H9NO4S/c1-5-6(2)10(14)12(9(5)13)8-4-3-7(17-8)11(15)16/h3-4H,1-2H3,(H,15,16). The Labute approximate surface area is 101 Å². The summed E-state index contributed by atoms with van der Waals surface area (Å²) >= 11 is 0.908. The lowest BCUT2D eigenvalue weighted by molar-refractivity contribution is -0.120. The molecule has 0 aromatic carbocycles. The summed E-state index contributed by atoms with van der Waals surface area (Å²) in [5.74, 6) is -1.83. The van der Waals surface area contributed by atoms with Crippen LogP contribution >= 0.6 is 11.3 Å². The van der Waals surface area contributed by atoms with Gasteiger partial charge in [0.15, 0.2) is 0 Å². The van der Waals surface area contributed by atoms with Gasteiger partial charge >= 0.3 is 5.97 Å². The van der Waals surface area contributed by atoms with Crippen LogP contribution in [-0.2, 0) is 9.59 Å². The Balaban J connectivity index is 2.40. The van der Waals surface area contributed by atoms with Gasteiger partial charge in [0.25, 0.3) is 11.8 Å². The second-order valence-corrected chi connectivity index (χ2v) is 4.70. The fraction of sp³-hybridized carbons (Fsp3) is 0.182. The van der Waals surface area contributed by atoms with Crippen LogP contribution in [0.4, 0.5) is 5.00 Å². The molecule has 0 saturated carbocycles. The van der Waals surface area contributed by atoms with E-state index in [2.05, 4.69) is 0 Å². The molecule has 17 heavy (non-hydrogen) atoms. The largest absolute Gasteiger partial charge is 0.477 e. The zero-order chi connectivity index (χ0) is 12.7. The van der Waals surface area contributed by atoms with Gasteiger partial charge in [0.05, 0.1) is 0 Å². The smallest absolute Gasteiger partial charge is 0.345 e. The second-order valence-electron chi connectivity index (χ2n) is 3.64. The second kappa shape index (κ2) is 3.81. The number of nitrogens with zero attached hydrogens (tertiary/aromatic N) is 1. The molecule has 1 aliphatic rings. The summed E-state index contributed by atoms with van der Waals surface area (Å²) in [6.45, 7) is 3.17. The predicted octanol–water partition coefficient (Wildman–Crippen LogP) is 1.66. The summed E-state index contributed by atoms with van der Waals surface area (Å²) in [6.07, 6.45) is 0. The molecule has 2 rings (SSSR count). The van der Waals surface area contributed by atoms with Crippen molar-refractivity contribution >= 4 is 34.1 Å². The average Bonchev–Trinajstić information content (AvgIpc) is 2.81. The number of carboxylic acids is 1. The molecule has 1 aromatic heterocycles. The molecule has 0 spiro atoms. The SMILES string of the molecule is CC1=C(C)C(=O)N(c2ccc(C(=O)O)s2)C1=O. The molecule has 88 valence electrons. The maximum Gasteiger partial charge on any atom is 0.345 e. The Morgan fingerprint density at radius 1 is 1.18 bits per heavy atom. The lowest BCUT2D eigenvalue weighted by Crippen LogP contribution is -2.30. The van der Waals surface area contributed by atoms with E-state index in [9.17, 15) is 14.4 Å². The molecule has 0 aliphatic carbocycles. The molecular formula is C11H9NO4S. The van der Waals surface area contributed by atoms with E-state index in [0.717, 1.165) is 16.2 Å². The minimum absolute atomic E-state index is 0.0998. The van der Waals surface area contributed by atoms with Crippen LogP contribution in [0, 0.1) is 0 Å². The number of rotatable bonds is 2. The van der Waals surface area contributed by atoms with Crippen molar-refractivity contribution in [3.8, 4) is 0 Å². The van der Waals surface area contributed by atoms with E-state index in [4.69, 9.17) is 5.11 Å². The molecule has 0 saturated heterocycles. The summed E-state index contributed by atoms with van der Waals surface area (Å²) in [7, 11) is 0. The van der Waals surface area contributed by atoms with E-state index in [0.29, 0.717) is 16.1 Å². The topological polar surface area (TPSA) is 74.7 Å². The van der Waals surface area contributed by atoms with Gasteiger partial charge in [-0.05, 0) is 26.0 Å². The van der Waals surface area contributed by atoms with Crippen LogP contribution in [0.5, 0.6) is 0 Å². The van der Waals surface area contributed by atoms with Gasteiger partial charge in [-0.2, -0.15) is 0 Å². The van der Waals surface area contributed by atoms with Gasteiger partial charge in [0.2, 0.25) is 0 Å². The number of imide groups is 1. The molecular weight excluding hydrogens is 242 g/mol. The van der Waals surface area contributed by atoms with Gasteiger partial charge in [0.1, 0.15) is 9.88 Å². The van der Waals surface area contributed by atoms with Crippen molar-refractivity contribution in [1.29, 1.82) is 0 Å². The highest BCUT2D eigenvalue weighted by molar-refractivity contribution is 7.18. The first kappa shape index (κ1) is 11.5. The number of carboxylic acid groups (broad SMARTS) is 1. The normalized spacial score (nSPS) is 16.0. The minimum Gasteiger partial charge on any atom is -0.477 e. The van der Waals surface area contributed by atoms with E-state index in [-0.39, 0.29) is 16.7 Å². The van der Waals surface area contributed by atoms with Crippen LogP contribution < -0.4 is 4.90 Å². The van der Waals surface area contributed by atoms with Gasteiger partial charge in [-0.15, -0.1) is 11.3 Å². The monoisotopic (exact) mass is 251 g/mol. The molecule has 5 nitrogen and oxygen atoms in total. The molecule has 1 N–H and O–H groups in total. The quantitative estimate of drug-likeness (QED) is 0.811.